The van der Waals surface area contributed by atoms with Crippen LogP contribution in [0.3, 0.4) is 0 Å². The molecule has 4 atom stereocenters. The predicted octanol–water partition coefficient (Wildman–Crippen LogP) is 15.4. The van der Waals surface area contributed by atoms with E-state index in [-0.39, 0.29) is 47.5 Å². The smallest absolute Gasteiger partial charge is 0.744 e. The zero-order chi connectivity index (χ0) is 68.3. The van der Waals surface area contributed by atoms with Crippen LogP contribution in [0.5, 0.6) is 0 Å². The summed E-state index contributed by atoms with van der Waals surface area (Å²) >= 11 is 0. The molecule has 0 heterocycles. The Hall–Kier alpha value is -2.15. The van der Waals surface area contributed by atoms with Crippen LogP contribution in [0.1, 0.15) is 336 Å². The summed E-state index contributed by atoms with van der Waals surface area (Å²) in [5.41, 5.74) is 1.48. The van der Waals surface area contributed by atoms with Crippen molar-refractivity contribution in [2.75, 3.05) is 36.0 Å². The number of hydrogen-bond donors (Lipinski definition) is 4. The number of nitrogens with zero attached hydrogens (tertiary/aromatic N) is 2. The van der Waals surface area contributed by atoms with Gasteiger partial charge in [0.1, 0.15) is 20.2 Å². The van der Waals surface area contributed by atoms with Crippen molar-refractivity contribution in [2.45, 2.75) is 370 Å². The predicted molar refractivity (Wildman–Crippen MR) is 397 cm³/mol. The first-order chi connectivity index (χ1) is 45.5. The first-order valence-corrected chi connectivity index (χ1v) is 41.5. The number of aliphatic hydroxyl groups excluding tert-OH is 4. The van der Waals surface area contributed by atoms with E-state index in [0.717, 1.165) is 62.7 Å². The van der Waals surface area contributed by atoms with Crippen LogP contribution in [-0.4, -0.2) is 97.0 Å². The molecule has 0 aliphatic carbocycles. The van der Waals surface area contributed by atoms with Crippen LogP contribution < -0.4 is 47.5 Å². The van der Waals surface area contributed by atoms with Crippen LogP contribution in [0.4, 0.5) is 11.4 Å². The molecule has 0 radical (unpaired) electrons. The SMILES string of the molecule is CCCCCCCCCCCCC(O)CN(CC(O)CCCCCCCCCCCC)c1ccc(S(=O)(=O)[O-])c2ccccc12.CCCCCCCCCCCCCCC(O)CN(CC(O)CCCCCCCCCCCCCC)c1ccc(S(=O)(=O)[O-])c2ccccc12.[Li+].[Li+]. The molecule has 96 heavy (non-hydrogen) atoms. The van der Waals surface area contributed by atoms with E-state index in [9.17, 15) is 46.4 Å². The topological polar surface area (TPSA) is 202 Å². The summed E-state index contributed by atoms with van der Waals surface area (Å²) in [4.78, 5) is 3.52. The minimum atomic E-state index is -4.65. The van der Waals surface area contributed by atoms with Crippen molar-refractivity contribution in [3.05, 3.63) is 72.8 Å². The van der Waals surface area contributed by atoms with Gasteiger partial charge in [0.15, 0.2) is 0 Å². The number of benzene rings is 4. The maximum Gasteiger partial charge on any atom is 1.00 e. The van der Waals surface area contributed by atoms with Crippen LogP contribution >= 0.6 is 0 Å². The Balaban J connectivity index is 0.000000944. The second-order valence-electron chi connectivity index (χ2n) is 27.9. The van der Waals surface area contributed by atoms with Gasteiger partial charge in [0.2, 0.25) is 0 Å². The van der Waals surface area contributed by atoms with E-state index in [0.29, 0.717) is 73.4 Å². The number of unbranched alkanes of at least 4 members (excludes halogenated alkanes) is 40. The van der Waals surface area contributed by atoms with Crippen LogP contribution in [0.2, 0.25) is 0 Å². The van der Waals surface area contributed by atoms with Crippen molar-refractivity contribution >= 4 is 53.2 Å². The third kappa shape index (κ3) is 42.3. The summed E-state index contributed by atoms with van der Waals surface area (Å²) in [6.45, 7) is 10.4. The summed E-state index contributed by atoms with van der Waals surface area (Å²) in [5, 5.41) is 46.4. The fraction of sp³-hybridized carbons (Fsp3) is 0.750. The van der Waals surface area contributed by atoms with Crippen molar-refractivity contribution in [3.63, 3.8) is 0 Å². The van der Waals surface area contributed by atoms with Crippen molar-refractivity contribution < 1.29 is 84.1 Å². The largest absolute Gasteiger partial charge is 1.00 e. The molecule has 0 aliphatic rings. The van der Waals surface area contributed by atoms with Crippen molar-refractivity contribution in [2.24, 2.45) is 0 Å². The standard InChI is InChI=1S/C42H73NO5S.C38H65NO5S.2Li/c1-3-5-7-9-11-13-15-17-19-21-23-25-29-37(44)35-43(41-33-34-42(49(46,47)48)40-32-28-27-31-39(40)41)36-38(45)30-26-24-22-20-18-16-14-12-10-8-6-4-2;1-3-5-7-9-11-13-15-17-19-21-25-33(40)31-39(32-34(41)26-22-20-18-16-14-12-10-8-6-4-2)37-29-30-38(45(42,43)44)36-28-24-23-27-35(36)37;;/h27-28,31-34,37-38,44-45H,3-26,29-30,35-36H2,1-2H3,(H,46,47,48);23-24,27-30,33-34,40-41H,3-22,25-26,31-32H2,1-2H3,(H,42,43,44);;/q;;2*+1/p-2. The molecule has 4 N–H and O–H groups in total. The molecule has 0 aliphatic heterocycles. The molecule has 0 saturated carbocycles. The second-order valence-corrected chi connectivity index (χ2v) is 30.6. The monoisotopic (exact) mass is 1360 g/mol. The average Bonchev–Trinajstić information content (AvgIpc) is 0.785. The molecule has 0 aromatic heterocycles. The zero-order valence-corrected chi connectivity index (χ0v) is 63.6. The molecule has 0 amide bonds. The minimum Gasteiger partial charge on any atom is -0.744 e. The quantitative estimate of drug-likeness (QED) is 0.0185. The molecule has 16 heteroatoms. The maximum absolute atomic E-state index is 12.0. The van der Waals surface area contributed by atoms with Gasteiger partial charge in [0.05, 0.1) is 34.2 Å². The van der Waals surface area contributed by atoms with E-state index in [1.54, 1.807) is 36.4 Å². The van der Waals surface area contributed by atoms with Crippen LogP contribution in [0.15, 0.2) is 82.6 Å². The Kier molecular flexibility index (Phi) is 55.9. The third-order valence-corrected chi connectivity index (χ3v) is 21.0. The summed E-state index contributed by atoms with van der Waals surface area (Å²) < 4.78 is 72.0. The molecule has 0 spiro atoms. The van der Waals surface area contributed by atoms with Gasteiger partial charge in [-0.15, -0.1) is 0 Å². The minimum absolute atomic E-state index is 0. The number of fused-ring (bicyclic) bond motifs is 2. The number of anilines is 2. The Morgan fingerprint density at radius 2 is 0.458 bits per heavy atom. The van der Waals surface area contributed by atoms with Gasteiger partial charge in [-0.25, -0.2) is 16.8 Å². The number of aliphatic hydroxyl groups is 4. The number of hydrogen-bond acceptors (Lipinski definition) is 12. The fourth-order valence-electron chi connectivity index (χ4n) is 13.6. The van der Waals surface area contributed by atoms with Crippen molar-refractivity contribution in [3.8, 4) is 0 Å². The van der Waals surface area contributed by atoms with Crippen LogP contribution in [0, 0.1) is 0 Å². The van der Waals surface area contributed by atoms with Gasteiger partial charge in [-0.3, -0.25) is 0 Å². The van der Waals surface area contributed by atoms with E-state index in [4.69, 9.17) is 0 Å². The second kappa shape index (κ2) is 58.4. The molecular formula is C80H136Li2N2O10S2. The van der Waals surface area contributed by atoms with Crippen molar-refractivity contribution in [1.82, 2.24) is 0 Å². The van der Waals surface area contributed by atoms with E-state index in [1.807, 2.05) is 34.1 Å². The van der Waals surface area contributed by atoms with Gasteiger partial charge in [-0.05, 0) is 49.9 Å². The first kappa shape index (κ1) is 91.9. The molecule has 4 aromatic carbocycles. The van der Waals surface area contributed by atoms with Gasteiger partial charge >= 0.3 is 37.7 Å². The van der Waals surface area contributed by atoms with Crippen LogP contribution in [-0.2, 0) is 20.2 Å². The Bertz CT molecular complexity index is 2650. The molecule has 4 rings (SSSR count). The summed E-state index contributed by atoms with van der Waals surface area (Å²) in [7, 11) is -9.29. The van der Waals surface area contributed by atoms with E-state index in [1.165, 1.54) is 243 Å². The zero-order valence-electron chi connectivity index (χ0n) is 62.0. The van der Waals surface area contributed by atoms with E-state index < -0.39 is 44.7 Å². The molecular weight excluding hydrogens is 1230 g/mol. The molecule has 0 saturated heterocycles. The molecule has 4 aromatic rings. The van der Waals surface area contributed by atoms with E-state index in [2.05, 4.69) is 27.7 Å². The first-order valence-electron chi connectivity index (χ1n) is 38.7. The normalized spacial score (nSPS) is 13.0. The number of rotatable bonds is 60. The molecule has 0 fully saturated rings. The van der Waals surface area contributed by atoms with Gasteiger partial charge in [-0.1, -0.05) is 359 Å². The summed E-state index contributed by atoms with van der Waals surface area (Å²) in [6.07, 6.45) is 55.8. The van der Waals surface area contributed by atoms with Gasteiger partial charge in [0.25, 0.3) is 0 Å². The van der Waals surface area contributed by atoms with E-state index >= 15 is 0 Å². The molecule has 12 nitrogen and oxygen atoms in total. The molecule has 4 unspecified atom stereocenters. The van der Waals surface area contributed by atoms with Crippen LogP contribution in [0.25, 0.3) is 21.5 Å². The van der Waals surface area contributed by atoms with Gasteiger partial charge in [-0.2, -0.15) is 0 Å². The van der Waals surface area contributed by atoms with Crippen molar-refractivity contribution in [1.29, 1.82) is 0 Å². The van der Waals surface area contributed by atoms with Gasteiger partial charge < -0.3 is 39.3 Å². The molecule has 0 bridgehead atoms. The summed E-state index contributed by atoms with van der Waals surface area (Å²) in [6, 6.07) is 20.1. The third-order valence-electron chi connectivity index (χ3n) is 19.2. The summed E-state index contributed by atoms with van der Waals surface area (Å²) in [5.74, 6) is 0. The molecule has 540 valence electrons. The Morgan fingerprint density at radius 1 is 0.281 bits per heavy atom. The maximum atomic E-state index is 12.0. The average molecular weight is 1360 g/mol. The fourth-order valence-corrected chi connectivity index (χ4v) is 15.0. The Labute approximate surface area is 611 Å². The van der Waals surface area contributed by atoms with Gasteiger partial charge in [0, 0.05) is 59.1 Å². The Morgan fingerprint density at radius 3 is 0.646 bits per heavy atom.